The third-order valence-corrected chi connectivity index (χ3v) is 11.4. The predicted molar refractivity (Wildman–Crippen MR) is 229 cm³/mol. The average molecular weight is 758 g/mol. The molecule has 1 atom stereocenters. The molecule has 0 fully saturated rings. The highest BCUT2D eigenvalue weighted by Gasteiger charge is 2.44. The van der Waals surface area contributed by atoms with Gasteiger partial charge in [-0.15, -0.1) is 0 Å². The first-order valence-electron chi connectivity index (χ1n) is 18.8. The molecule has 0 saturated carbocycles. The number of aliphatic hydroxyl groups is 1. The van der Waals surface area contributed by atoms with Crippen molar-refractivity contribution < 1.29 is 18.7 Å². The summed E-state index contributed by atoms with van der Waals surface area (Å²) < 4.78 is 18.9. The van der Waals surface area contributed by atoms with E-state index in [4.69, 9.17) is 25.2 Å². The van der Waals surface area contributed by atoms with E-state index in [9.17, 15) is 5.11 Å². The van der Waals surface area contributed by atoms with Crippen LogP contribution in [0, 0.1) is 0 Å². The van der Waals surface area contributed by atoms with Crippen molar-refractivity contribution in [2.45, 2.75) is 5.60 Å². The summed E-state index contributed by atoms with van der Waals surface area (Å²) in [5.74, 6) is 1.15. The minimum Gasteiger partial charge on any atom is -0.464 e. The Bertz CT molecular complexity index is 3170. The van der Waals surface area contributed by atoms with Gasteiger partial charge in [-0.1, -0.05) is 115 Å². The van der Waals surface area contributed by atoms with Gasteiger partial charge in [-0.3, -0.25) is 0 Å². The Hall–Kier alpha value is -7.05. The fourth-order valence-corrected chi connectivity index (χ4v) is 8.74. The van der Waals surface area contributed by atoms with Crippen LogP contribution in [0.2, 0.25) is 5.02 Å². The summed E-state index contributed by atoms with van der Waals surface area (Å²) in [6.45, 7) is 0. The third-order valence-electron chi connectivity index (χ3n) is 11.1. The number of para-hydroxylation sites is 3. The molecular formula is C51H32ClNO4. The van der Waals surface area contributed by atoms with Gasteiger partial charge in [0.25, 0.3) is 0 Å². The third kappa shape index (κ3) is 5.28. The maximum Gasteiger partial charge on any atom is 0.148 e. The standard InChI is InChI=1S/C51H32ClNO4/c52-44-19-9-5-15-38(44)37-14-4-7-17-41(37)51(54)42-18-8-11-21-47(42)57-48-25-23-35(30-43(48)51)53(34-12-2-1-3-13-34)36-29-40(32-22-24-45-33(28-32)26-27-55-45)50-39-16-6-10-20-46(39)56-49(50)31-36/h1-31,54H. The first-order valence-corrected chi connectivity index (χ1v) is 19.2. The minimum atomic E-state index is -1.62. The van der Waals surface area contributed by atoms with Crippen molar-refractivity contribution in [2.24, 2.45) is 0 Å². The number of ether oxygens (including phenoxy) is 1. The summed E-state index contributed by atoms with van der Waals surface area (Å²) in [6.07, 6.45) is 1.72. The predicted octanol–water partition coefficient (Wildman–Crippen LogP) is 14.2. The van der Waals surface area contributed by atoms with Crippen molar-refractivity contribution >= 4 is 61.6 Å². The van der Waals surface area contributed by atoms with E-state index in [1.165, 1.54) is 0 Å². The van der Waals surface area contributed by atoms with Crippen LogP contribution in [0.25, 0.3) is 55.2 Å². The zero-order chi connectivity index (χ0) is 38.1. The van der Waals surface area contributed by atoms with E-state index >= 15 is 0 Å². The lowest BCUT2D eigenvalue weighted by atomic mass is 9.75. The summed E-state index contributed by atoms with van der Waals surface area (Å²) in [5, 5.41) is 17.2. The molecule has 3 heterocycles. The Morgan fingerprint density at radius 1 is 0.491 bits per heavy atom. The summed E-state index contributed by atoms with van der Waals surface area (Å²) in [5.41, 5.74) is 9.08. The summed E-state index contributed by atoms with van der Waals surface area (Å²) >= 11 is 6.84. The minimum absolute atomic E-state index is 0.559. The van der Waals surface area contributed by atoms with Crippen LogP contribution in [0.5, 0.6) is 11.5 Å². The quantitative estimate of drug-likeness (QED) is 0.183. The largest absolute Gasteiger partial charge is 0.464 e. The topological polar surface area (TPSA) is 59.0 Å². The van der Waals surface area contributed by atoms with Crippen molar-refractivity contribution in [1.82, 2.24) is 0 Å². The molecule has 2 aromatic heterocycles. The Kier molecular flexibility index (Phi) is 7.61. The van der Waals surface area contributed by atoms with Crippen LogP contribution in [0.4, 0.5) is 17.1 Å². The zero-order valence-electron chi connectivity index (χ0n) is 30.4. The molecular weight excluding hydrogens is 726 g/mol. The number of rotatable bonds is 6. The van der Waals surface area contributed by atoms with Gasteiger partial charge in [0, 0.05) is 60.9 Å². The number of anilines is 3. The van der Waals surface area contributed by atoms with E-state index in [-0.39, 0.29) is 0 Å². The lowest BCUT2D eigenvalue weighted by Crippen LogP contribution is -2.33. The van der Waals surface area contributed by atoms with Gasteiger partial charge in [-0.25, -0.2) is 0 Å². The zero-order valence-corrected chi connectivity index (χ0v) is 31.2. The van der Waals surface area contributed by atoms with Crippen LogP contribution >= 0.6 is 11.6 Å². The van der Waals surface area contributed by atoms with Crippen molar-refractivity contribution in [3.05, 3.63) is 210 Å². The molecule has 10 aromatic rings. The van der Waals surface area contributed by atoms with Gasteiger partial charge >= 0.3 is 0 Å². The molecule has 5 nitrogen and oxygen atoms in total. The monoisotopic (exact) mass is 757 g/mol. The fraction of sp³-hybridized carbons (Fsp3) is 0.0196. The van der Waals surface area contributed by atoms with Crippen molar-refractivity contribution in [2.75, 3.05) is 4.90 Å². The molecule has 0 amide bonds. The van der Waals surface area contributed by atoms with E-state index in [1.54, 1.807) is 6.26 Å². The first-order chi connectivity index (χ1) is 28.0. The second-order valence-corrected chi connectivity index (χ2v) is 14.7. The molecule has 1 unspecified atom stereocenters. The lowest BCUT2D eigenvalue weighted by Gasteiger charge is -2.38. The Morgan fingerprint density at radius 3 is 2.11 bits per heavy atom. The van der Waals surface area contributed by atoms with Crippen LogP contribution < -0.4 is 9.64 Å². The van der Waals surface area contributed by atoms with Gasteiger partial charge in [-0.05, 0) is 89.5 Å². The molecule has 0 spiro atoms. The molecule has 0 radical (unpaired) electrons. The van der Waals surface area contributed by atoms with Gasteiger partial charge in [-0.2, -0.15) is 0 Å². The van der Waals surface area contributed by atoms with E-state index in [0.29, 0.717) is 33.2 Å². The molecule has 272 valence electrons. The number of hydrogen-bond donors (Lipinski definition) is 1. The summed E-state index contributed by atoms with van der Waals surface area (Å²) in [7, 11) is 0. The second kappa shape index (κ2) is 13.0. The SMILES string of the molecule is OC1(c2ccccc2-c2ccccc2Cl)c2ccccc2Oc2ccc(N(c3ccccc3)c3cc(-c4ccc5occc5c4)c4c(c3)oc3ccccc34)cc21. The second-order valence-electron chi connectivity index (χ2n) is 14.3. The maximum absolute atomic E-state index is 13.5. The van der Waals surface area contributed by atoms with Gasteiger partial charge < -0.3 is 23.6 Å². The van der Waals surface area contributed by atoms with E-state index in [1.807, 2.05) is 140 Å². The van der Waals surface area contributed by atoms with Crippen LogP contribution in [0.15, 0.2) is 197 Å². The number of hydrogen-bond acceptors (Lipinski definition) is 5. The smallest absolute Gasteiger partial charge is 0.148 e. The van der Waals surface area contributed by atoms with Gasteiger partial charge in [0.1, 0.15) is 33.8 Å². The van der Waals surface area contributed by atoms with Gasteiger partial charge in [0.15, 0.2) is 0 Å². The Morgan fingerprint density at radius 2 is 1.23 bits per heavy atom. The molecule has 0 aliphatic carbocycles. The normalized spacial score (nSPS) is 14.7. The summed E-state index contributed by atoms with van der Waals surface area (Å²) in [4.78, 5) is 2.20. The number of fused-ring (bicyclic) bond motifs is 6. The number of benzene rings is 8. The van der Waals surface area contributed by atoms with Crippen molar-refractivity contribution in [3.8, 4) is 33.8 Å². The first kappa shape index (κ1) is 33.3. The van der Waals surface area contributed by atoms with Gasteiger partial charge in [0.2, 0.25) is 0 Å². The van der Waals surface area contributed by atoms with Crippen LogP contribution in [-0.2, 0) is 5.60 Å². The highest BCUT2D eigenvalue weighted by atomic mass is 35.5. The summed E-state index contributed by atoms with van der Waals surface area (Å²) in [6, 6.07) is 60.4. The lowest BCUT2D eigenvalue weighted by molar-refractivity contribution is 0.113. The average Bonchev–Trinajstić information content (AvgIpc) is 3.89. The van der Waals surface area contributed by atoms with E-state index < -0.39 is 5.60 Å². The molecule has 8 aromatic carbocycles. The molecule has 57 heavy (non-hydrogen) atoms. The molecule has 6 heteroatoms. The Balaban J connectivity index is 1.17. The highest BCUT2D eigenvalue weighted by molar-refractivity contribution is 6.33. The number of halogens is 1. The highest BCUT2D eigenvalue weighted by Crippen LogP contribution is 2.54. The van der Waals surface area contributed by atoms with E-state index in [0.717, 1.165) is 72.2 Å². The molecule has 1 aliphatic rings. The van der Waals surface area contributed by atoms with Crippen LogP contribution in [-0.4, -0.2) is 5.11 Å². The number of nitrogens with zero attached hydrogens (tertiary/aromatic N) is 1. The fourth-order valence-electron chi connectivity index (χ4n) is 8.51. The van der Waals surface area contributed by atoms with Crippen LogP contribution in [0.3, 0.4) is 0 Å². The Labute approximate surface area is 333 Å². The van der Waals surface area contributed by atoms with Gasteiger partial charge in [0.05, 0.1) is 12.0 Å². The number of furan rings is 2. The van der Waals surface area contributed by atoms with Crippen molar-refractivity contribution in [3.63, 3.8) is 0 Å². The molecule has 0 saturated heterocycles. The molecule has 11 rings (SSSR count). The van der Waals surface area contributed by atoms with Crippen molar-refractivity contribution in [1.29, 1.82) is 0 Å². The van der Waals surface area contributed by atoms with E-state index in [2.05, 4.69) is 47.4 Å². The van der Waals surface area contributed by atoms with Crippen LogP contribution in [0.1, 0.15) is 16.7 Å². The molecule has 1 N–H and O–H groups in total. The molecule has 1 aliphatic heterocycles. The molecule has 0 bridgehead atoms. The maximum atomic E-state index is 13.5.